The molecule has 1 aromatic heterocycles. The van der Waals surface area contributed by atoms with Crippen LogP contribution in [0.5, 0.6) is 0 Å². The molecule has 1 N–H and O–H groups in total. The first-order chi connectivity index (χ1) is 9.85. The topological polar surface area (TPSA) is 54.5 Å². The molecule has 1 saturated heterocycles. The van der Waals surface area contributed by atoms with Gasteiger partial charge in [0.25, 0.3) is 0 Å². The van der Waals surface area contributed by atoms with Gasteiger partial charge in [-0.25, -0.2) is 9.78 Å². The molecule has 1 aliphatic heterocycles. The Balaban J connectivity index is 1.77. The van der Waals surface area contributed by atoms with E-state index in [1.807, 2.05) is 32.3 Å². The van der Waals surface area contributed by atoms with Crippen molar-refractivity contribution in [3.8, 4) is 0 Å². The fourth-order valence-corrected chi connectivity index (χ4v) is 3.23. The van der Waals surface area contributed by atoms with Crippen LogP contribution in [0.2, 0.25) is 0 Å². The van der Waals surface area contributed by atoms with Gasteiger partial charge in [-0.15, -0.1) is 11.3 Å². The summed E-state index contributed by atoms with van der Waals surface area (Å²) in [6.45, 7) is 9.78. The van der Waals surface area contributed by atoms with E-state index < -0.39 is 5.60 Å². The average molecular weight is 311 g/mol. The number of hydrogen-bond acceptors (Lipinski definition) is 5. The average Bonchev–Trinajstić information content (AvgIpc) is 2.90. The first kappa shape index (κ1) is 16.2. The maximum atomic E-state index is 11.8. The number of piperidine rings is 1. The van der Waals surface area contributed by atoms with Crippen LogP contribution in [-0.2, 0) is 4.74 Å². The molecular formula is C15H25N3O2S. The van der Waals surface area contributed by atoms with E-state index in [1.54, 1.807) is 11.3 Å². The summed E-state index contributed by atoms with van der Waals surface area (Å²) in [5.41, 5.74) is -0.440. The van der Waals surface area contributed by atoms with Gasteiger partial charge in [0.1, 0.15) is 10.6 Å². The smallest absolute Gasteiger partial charge is 0.407 e. The molecule has 0 bridgehead atoms. The van der Waals surface area contributed by atoms with Gasteiger partial charge in [-0.05, 0) is 40.5 Å². The third-order valence-electron chi connectivity index (χ3n) is 3.61. The van der Waals surface area contributed by atoms with Crippen LogP contribution in [0.1, 0.15) is 51.6 Å². The summed E-state index contributed by atoms with van der Waals surface area (Å²) in [5, 5.41) is 6.15. The van der Waals surface area contributed by atoms with Crippen molar-refractivity contribution in [3.63, 3.8) is 0 Å². The molecule has 1 aliphatic rings. The number of nitrogens with one attached hydrogen (secondary N) is 1. The molecule has 1 atom stereocenters. The summed E-state index contributed by atoms with van der Waals surface area (Å²) in [4.78, 5) is 18.6. The lowest BCUT2D eigenvalue weighted by Crippen LogP contribution is -2.46. The van der Waals surface area contributed by atoms with Crippen molar-refractivity contribution in [2.75, 3.05) is 13.1 Å². The third-order valence-corrected chi connectivity index (χ3v) is 4.55. The minimum atomic E-state index is -0.440. The number of likely N-dealkylation sites (tertiary alicyclic amines) is 1. The third kappa shape index (κ3) is 4.97. The van der Waals surface area contributed by atoms with Gasteiger partial charge in [0.05, 0.1) is 6.04 Å². The molecule has 6 heteroatoms. The summed E-state index contributed by atoms with van der Waals surface area (Å²) in [7, 11) is 0. The first-order valence-corrected chi connectivity index (χ1v) is 8.36. The molecule has 0 spiro atoms. The van der Waals surface area contributed by atoms with Crippen molar-refractivity contribution in [2.45, 2.75) is 58.2 Å². The number of carbonyl (C=O) groups is 1. The summed E-state index contributed by atoms with van der Waals surface area (Å²) in [6.07, 6.45) is 3.45. The van der Waals surface area contributed by atoms with Crippen molar-refractivity contribution < 1.29 is 9.53 Å². The number of aromatic nitrogens is 1. The molecule has 1 aromatic rings. The summed E-state index contributed by atoms with van der Waals surface area (Å²) in [6, 6.07) is 0.562. The highest BCUT2D eigenvalue weighted by atomic mass is 32.1. The predicted molar refractivity (Wildman–Crippen MR) is 84.5 cm³/mol. The van der Waals surface area contributed by atoms with Gasteiger partial charge in [0.15, 0.2) is 0 Å². The van der Waals surface area contributed by atoms with Crippen molar-refractivity contribution in [2.24, 2.45) is 0 Å². The predicted octanol–water partition coefficient (Wildman–Crippen LogP) is 3.19. The standard InChI is InChI=1S/C15H25N3O2S/c1-11(13-16-7-10-21-13)18-8-5-12(6-9-18)17-14(19)20-15(2,3)4/h7,10-12H,5-6,8-9H2,1-4H3,(H,17,19)/t11-/m1/s1. The lowest BCUT2D eigenvalue weighted by Gasteiger charge is -2.35. The van der Waals surface area contributed by atoms with Gasteiger partial charge in [0, 0.05) is 30.7 Å². The van der Waals surface area contributed by atoms with E-state index >= 15 is 0 Å². The molecule has 0 aromatic carbocycles. The maximum Gasteiger partial charge on any atom is 0.407 e. The van der Waals surface area contributed by atoms with Crippen LogP contribution in [0, 0.1) is 0 Å². The van der Waals surface area contributed by atoms with E-state index in [0.717, 1.165) is 30.9 Å². The van der Waals surface area contributed by atoms with Crippen LogP contribution in [-0.4, -0.2) is 40.7 Å². The molecule has 1 fully saturated rings. The molecule has 0 radical (unpaired) electrons. The molecule has 5 nitrogen and oxygen atoms in total. The van der Waals surface area contributed by atoms with Gasteiger partial charge in [-0.2, -0.15) is 0 Å². The fourth-order valence-electron chi connectivity index (χ4n) is 2.50. The van der Waals surface area contributed by atoms with E-state index in [2.05, 4.69) is 22.1 Å². The highest BCUT2D eigenvalue weighted by molar-refractivity contribution is 7.09. The molecule has 0 unspecified atom stereocenters. The summed E-state index contributed by atoms with van der Waals surface area (Å²) < 4.78 is 5.30. The van der Waals surface area contributed by atoms with Gasteiger partial charge in [-0.3, -0.25) is 4.90 Å². The van der Waals surface area contributed by atoms with Gasteiger partial charge >= 0.3 is 6.09 Å². The highest BCUT2D eigenvalue weighted by Crippen LogP contribution is 2.25. The van der Waals surface area contributed by atoms with Gasteiger partial charge in [0.2, 0.25) is 0 Å². The number of ether oxygens (including phenoxy) is 1. The van der Waals surface area contributed by atoms with Crippen LogP contribution in [0.25, 0.3) is 0 Å². The summed E-state index contributed by atoms with van der Waals surface area (Å²) >= 11 is 1.70. The molecule has 0 aliphatic carbocycles. The Labute approximate surface area is 130 Å². The van der Waals surface area contributed by atoms with E-state index in [1.165, 1.54) is 0 Å². The normalized spacial score (nSPS) is 19.2. The van der Waals surface area contributed by atoms with Gasteiger partial charge in [-0.1, -0.05) is 0 Å². The van der Waals surface area contributed by atoms with Crippen LogP contribution < -0.4 is 5.32 Å². The van der Waals surface area contributed by atoms with Gasteiger partial charge < -0.3 is 10.1 Å². The molecule has 2 rings (SSSR count). The van der Waals surface area contributed by atoms with Crippen molar-refractivity contribution in [1.29, 1.82) is 0 Å². The van der Waals surface area contributed by atoms with E-state index in [-0.39, 0.29) is 12.1 Å². The van der Waals surface area contributed by atoms with Crippen LogP contribution in [0.15, 0.2) is 11.6 Å². The Morgan fingerprint density at radius 1 is 1.48 bits per heavy atom. The number of rotatable bonds is 3. The maximum absolute atomic E-state index is 11.8. The Kier molecular flexibility index (Phi) is 5.22. The fraction of sp³-hybridized carbons (Fsp3) is 0.733. The summed E-state index contributed by atoms with van der Waals surface area (Å²) in [5.74, 6) is 0. The second-order valence-corrected chi connectivity index (χ2v) is 7.43. The zero-order valence-corrected chi connectivity index (χ0v) is 14.1. The van der Waals surface area contributed by atoms with E-state index in [0.29, 0.717) is 6.04 Å². The zero-order chi connectivity index (χ0) is 15.5. The SMILES string of the molecule is C[C@H](c1nccs1)N1CCC(NC(=O)OC(C)(C)C)CC1. The second-order valence-electron chi connectivity index (χ2n) is 6.50. The molecular weight excluding hydrogens is 286 g/mol. The Bertz CT molecular complexity index is 448. The lowest BCUT2D eigenvalue weighted by atomic mass is 10.0. The lowest BCUT2D eigenvalue weighted by molar-refractivity contribution is 0.0470. The van der Waals surface area contributed by atoms with Crippen LogP contribution in [0.3, 0.4) is 0 Å². The van der Waals surface area contributed by atoms with Crippen molar-refractivity contribution in [3.05, 3.63) is 16.6 Å². The first-order valence-electron chi connectivity index (χ1n) is 7.48. The number of nitrogens with zero attached hydrogens (tertiary/aromatic N) is 2. The van der Waals surface area contributed by atoms with Crippen molar-refractivity contribution in [1.82, 2.24) is 15.2 Å². The Morgan fingerprint density at radius 3 is 2.67 bits per heavy atom. The zero-order valence-electron chi connectivity index (χ0n) is 13.3. The Morgan fingerprint density at radius 2 is 2.14 bits per heavy atom. The highest BCUT2D eigenvalue weighted by Gasteiger charge is 2.26. The van der Waals surface area contributed by atoms with Crippen molar-refractivity contribution >= 4 is 17.4 Å². The number of alkyl carbamates (subject to hydrolysis) is 1. The quantitative estimate of drug-likeness (QED) is 0.931. The van der Waals surface area contributed by atoms with Crippen LogP contribution in [0.4, 0.5) is 4.79 Å². The number of amides is 1. The molecule has 2 heterocycles. The monoisotopic (exact) mass is 311 g/mol. The molecule has 21 heavy (non-hydrogen) atoms. The number of thiazole rings is 1. The second kappa shape index (κ2) is 6.75. The Hall–Kier alpha value is -1.14. The van der Waals surface area contributed by atoms with E-state index in [4.69, 9.17) is 4.74 Å². The molecule has 1 amide bonds. The van der Waals surface area contributed by atoms with E-state index in [9.17, 15) is 4.79 Å². The molecule has 0 saturated carbocycles. The minimum Gasteiger partial charge on any atom is -0.444 e. The largest absolute Gasteiger partial charge is 0.444 e. The minimum absolute atomic E-state index is 0.208. The van der Waals surface area contributed by atoms with Crippen LogP contribution >= 0.6 is 11.3 Å². The number of carbonyl (C=O) groups excluding carboxylic acids is 1. The number of hydrogen-bond donors (Lipinski definition) is 1. The molecule has 118 valence electrons.